The van der Waals surface area contributed by atoms with Crippen molar-refractivity contribution in [2.45, 2.75) is 12.8 Å². The SMILES string of the molecule is C=CC(/C=C/c1ccc(N2CCCC2)cc1)=C\C=[NH+]CC(=O)NCCSSCCN. The topological polar surface area (TPSA) is 72.3 Å². The molecule has 0 bridgehead atoms. The van der Waals surface area contributed by atoms with Gasteiger partial charge < -0.3 is 16.0 Å². The second kappa shape index (κ2) is 14.9. The Kier molecular flexibility index (Phi) is 12.1. The molecular formula is C23H33N4OS2+. The van der Waals surface area contributed by atoms with Crippen molar-refractivity contribution >= 4 is 45.5 Å². The van der Waals surface area contributed by atoms with Crippen LogP contribution in [-0.2, 0) is 4.79 Å². The highest BCUT2D eigenvalue weighted by atomic mass is 33.1. The lowest BCUT2D eigenvalue weighted by Gasteiger charge is -2.17. The van der Waals surface area contributed by atoms with Crippen LogP contribution in [0.15, 0.2) is 54.6 Å². The lowest BCUT2D eigenvalue weighted by atomic mass is 10.1. The Balaban J connectivity index is 1.72. The van der Waals surface area contributed by atoms with E-state index in [1.165, 1.54) is 18.5 Å². The van der Waals surface area contributed by atoms with Gasteiger partial charge in [0, 0.05) is 49.4 Å². The number of nitrogens with zero attached hydrogens (tertiary/aromatic N) is 1. The van der Waals surface area contributed by atoms with E-state index in [9.17, 15) is 4.79 Å². The summed E-state index contributed by atoms with van der Waals surface area (Å²) in [6.07, 6.45) is 12.2. The quantitative estimate of drug-likeness (QED) is 0.188. The zero-order valence-electron chi connectivity index (χ0n) is 17.5. The molecule has 0 atom stereocenters. The first-order valence-electron chi connectivity index (χ1n) is 10.4. The molecule has 1 heterocycles. The largest absolute Gasteiger partial charge is 0.372 e. The predicted molar refractivity (Wildman–Crippen MR) is 134 cm³/mol. The number of carbonyl (C=O) groups is 1. The normalized spacial score (nSPS) is 14.7. The minimum absolute atomic E-state index is 0.0159. The molecule has 1 aromatic carbocycles. The highest BCUT2D eigenvalue weighted by molar-refractivity contribution is 8.76. The number of benzene rings is 1. The number of carbonyl (C=O) groups excluding carboxylic acids is 1. The Morgan fingerprint density at radius 3 is 2.63 bits per heavy atom. The van der Waals surface area contributed by atoms with Gasteiger partial charge in [-0.2, -0.15) is 0 Å². The van der Waals surface area contributed by atoms with Crippen LogP contribution in [0.1, 0.15) is 18.4 Å². The van der Waals surface area contributed by atoms with Gasteiger partial charge in [-0.05, 0) is 36.1 Å². The molecule has 0 saturated carbocycles. The van der Waals surface area contributed by atoms with Gasteiger partial charge in [0.2, 0.25) is 6.54 Å². The first-order chi connectivity index (χ1) is 14.7. The Labute approximate surface area is 188 Å². The average molecular weight is 446 g/mol. The Bertz CT molecular complexity index is 738. The summed E-state index contributed by atoms with van der Waals surface area (Å²) in [4.78, 5) is 17.2. The maximum absolute atomic E-state index is 11.8. The van der Waals surface area contributed by atoms with E-state index in [1.807, 2.05) is 12.2 Å². The minimum atomic E-state index is -0.0159. The molecule has 1 amide bonds. The van der Waals surface area contributed by atoms with Gasteiger partial charge in [0.15, 0.2) is 6.21 Å². The van der Waals surface area contributed by atoms with Crippen LogP contribution >= 0.6 is 21.6 Å². The van der Waals surface area contributed by atoms with Crippen LogP contribution in [0.5, 0.6) is 0 Å². The summed E-state index contributed by atoms with van der Waals surface area (Å²) >= 11 is 0. The van der Waals surface area contributed by atoms with Crippen molar-refractivity contribution in [2.24, 2.45) is 5.73 Å². The van der Waals surface area contributed by atoms with E-state index in [4.69, 9.17) is 5.73 Å². The standard InChI is InChI=1S/C23H32N4OS2/c1-2-20(11-13-25-19-23(28)26-14-18-30-29-17-12-24)5-6-21-7-9-22(10-8-21)27-15-3-4-16-27/h2,5-11,13H,1,3-4,12,14-19,24H2,(H,26,28)/p+1/b6-5+,20-11+,25-13?. The van der Waals surface area contributed by atoms with E-state index in [-0.39, 0.29) is 12.5 Å². The number of rotatable bonds is 13. The summed E-state index contributed by atoms with van der Waals surface area (Å²) < 4.78 is 0. The van der Waals surface area contributed by atoms with Crippen molar-refractivity contribution < 1.29 is 9.79 Å². The van der Waals surface area contributed by atoms with Crippen LogP contribution in [0, 0.1) is 0 Å². The molecule has 0 unspecified atom stereocenters. The fraction of sp³-hybridized carbons (Fsp3) is 0.391. The molecule has 4 N–H and O–H groups in total. The third-order valence-electron chi connectivity index (χ3n) is 4.52. The fourth-order valence-corrected chi connectivity index (χ4v) is 4.69. The third-order valence-corrected chi connectivity index (χ3v) is 6.96. The monoisotopic (exact) mass is 445 g/mol. The molecule has 30 heavy (non-hydrogen) atoms. The molecule has 0 aliphatic carbocycles. The molecule has 1 aliphatic heterocycles. The van der Waals surface area contributed by atoms with Gasteiger partial charge in [0.1, 0.15) is 0 Å². The van der Waals surface area contributed by atoms with Crippen LogP contribution in [-0.4, -0.2) is 56.4 Å². The van der Waals surface area contributed by atoms with Crippen molar-refractivity contribution in [3.05, 3.63) is 60.2 Å². The van der Waals surface area contributed by atoms with Crippen molar-refractivity contribution in [3.8, 4) is 0 Å². The second-order valence-electron chi connectivity index (χ2n) is 6.82. The zero-order valence-corrected chi connectivity index (χ0v) is 19.1. The summed E-state index contributed by atoms with van der Waals surface area (Å²) in [6, 6.07) is 8.65. The number of nitrogens with one attached hydrogen (secondary N) is 2. The van der Waals surface area contributed by atoms with Crippen LogP contribution < -0.4 is 20.9 Å². The number of hydrogen-bond acceptors (Lipinski definition) is 5. The fourth-order valence-electron chi connectivity index (χ4n) is 2.92. The van der Waals surface area contributed by atoms with E-state index in [0.717, 1.165) is 35.7 Å². The molecular weight excluding hydrogens is 412 g/mol. The second-order valence-corrected chi connectivity index (χ2v) is 9.52. The van der Waals surface area contributed by atoms with Crippen molar-refractivity contribution in [2.75, 3.05) is 49.1 Å². The first-order valence-corrected chi connectivity index (χ1v) is 12.9. The van der Waals surface area contributed by atoms with E-state index in [2.05, 4.69) is 52.1 Å². The first kappa shape index (κ1) is 24.3. The maximum Gasteiger partial charge on any atom is 0.285 e. The van der Waals surface area contributed by atoms with Crippen LogP contribution in [0.2, 0.25) is 0 Å². The molecule has 5 nitrogen and oxygen atoms in total. The Hall–Kier alpha value is -1.96. The summed E-state index contributed by atoms with van der Waals surface area (Å²) in [6.45, 7) is 7.78. The smallest absolute Gasteiger partial charge is 0.285 e. The lowest BCUT2D eigenvalue weighted by molar-refractivity contribution is -0.438. The number of anilines is 1. The minimum Gasteiger partial charge on any atom is -0.372 e. The summed E-state index contributed by atoms with van der Waals surface area (Å²) in [5.41, 5.74) is 8.86. The Morgan fingerprint density at radius 2 is 1.93 bits per heavy atom. The highest BCUT2D eigenvalue weighted by Crippen LogP contribution is 2.21. The van der Waals surface area contributed by atoms with E-state index in [1.54, 1.807) is 33.9 Å². The number of nitrogens with two attached hydrogens (primary N) is 1. The van der Waals surface area contributed by atoms with E-state index < -0.39 is 0 Å². The van der Waals surface area contributed by atoms with Gasteiger partial charge in [-0.1, -0.05) is 58.5 Å². The molecule has 1 saturated heterocycles. The lowest BCUT2D eigenvalue weighted by Crippen LogP contribution is -2.72. The summed E-state index contributed by atoms with van der Waals surface area (Å²) in [5, 5.41) is 2.89. The molecule has 1 fully saturated rings. The number of amides is 1. The molecule has 7 heteroatoms. The van der Waals surface area contributed by atoms with Crippen molar-refractivity contribution in [1.29, 1.82) is 0 Å². The summed E-state index contributed by atoms with van der Waals surface area (Å²) in [7, 11) is 3.46. The van der Waals surface area contributed by atoms with Gasteiger partial charge in [-0.25, -0.2) is 4.99 Å². The molecule has 1 aliphatic rings. The van der Waals surface area contributed by atoms with Crippen molar-refractivity contribution in [3.63, 3.8) is 0 Å². The average Bonchev–Trinajstić information content (AvgIpc) is 3.31. The summed E-state index contributed by atoms with van der Waals surface area (Å²) in [5.74, 6) is 1.80. The molecule has 0 spiro atoms. The number of allylic oxidation sites excluding steroid dienone is 4. The molecule has 1 aromatic rings. The third kappa shape index (κ3) is 9.69. The van der Waals surface area contributed by atoms with Gasteiger partial charge in [-0.3, -0.25) is 4.79 Å². The molecule has 0 radical (unpaired) electrons. The van der Waals surface area contributed by atoms with Crippen LogP contribution in [0.25, 0.3) is 6.08 Å². The maximum atomic E-state index is 11.8. The van der Waals surface area contributed by atoms with Crippen LogP contribution in [0.3, 0.4) is 0 Å². The van der Waals surface area contributed by atoms with Gasteiger partial charge >= 0.3 is 0 Å². The molecule has 162 valence electrons. The van der Waals surface area contributed by atoms with E-state index >= 15 is 0 Å². The van der Waals surface area contributed by atoms with Gasteiger partial charge in [-0.15, -0.1) is 0 Å². The Morgan fingerprint density at radius 1 is 1.20 bits per heavy atom. The zero-order chi connectivity index (χ0) is 21.4. The molecule has 2 rings (SSSR count). The van der Waals surface area contributed by atoms with Gasteiger partial charge in [0.25, 0.3) is 5.91 Å². The van der Waals surface area contributed by atoms with Gasteiger partial charge in [0.05, 0.1) is 0 Å². The molecule has 0 aromatic heterocycles. The van der Waals surface area contributed by atoms with Crippen LogP contribution in [0.4, 0.5) is 5.69 Å². The van der Waals surface area contributed by atoms with E-state index in [0.29, 0.717) is 13.1 Å². The predicted octanol–water partition coefficient (Wildman–Crippen LogP) is 2.02. The highest BCUT2D eigenvalue weighted by Gasteiger charge is 2.11. The van der Waals surface area contributed by atoms with Crippen molar-refractivity contribution in [1.82, 2.24) is 5.32 Å². The number of hydrogen-bond donors (Lipinski definition) is 3.